The van der Waals surface area contributed by atoms with Gasteiger partial charge in [-0.3, -0.25) is 9.00 Å². The molecule has 3 aromatic rings. The van der Waals surface area contributed by atoms with Crippen molar-refractivity contribution < 1.29 is 13.5 Å². The molecule has 0 spiro atoms. The number of benzene rings is 2. The minimum atomic E-state index is -2.16. The minimum Gasteiger partial charge on any atom is -0.772 e. The van der Waals surface area contributed by atoms with E-state index in [2.05, 4.69) is 5.10 Å². The average molecular weight is 432 g/mol. The van der Waals surface area contributed by atoms with Crippen molar-refractivity contribution in [3.8, 4) is 22.6 Å². The molecule has 8 heteroatoms. The van der Waals surface area contributed by atoms with Crippen molar-refractivity contribution in [1.82, 2.24) is 9.78 Å². The molecule has 0 saturated carbocycles. The van der Waals surface area contributed by atoms with E-state index in [1.165, 1.54) is 4.68 Å². The van der Waals surface area contributed by atoms with Crippen LogP contribution in [0.25, 0.3) is 16.8 Å². The molecular weight excluding hydrogens is 412 g/mol. The van der Waals surface area contributed by atoms with Gasteiger partial charge in [-0.25, -0.2) is 0 Å². The lowest BCUT2D eigenvalue weighted by Gasteiger charge is -2.15. The van der Waals surface area contributed by atoms with Gasteiger partial charge in [0.1, 0.15) is 0 Å². The first-order valence-electron chi connectivity index (χ1n) is 9.01. The largest absolute Gasteiger partial charge is 0.772 e. The van der Waals surface area contributed by atoms with Crippen LogP contribution in [0.1, 0.15) is 19.4 Å². The molecule has 0 aliphatic carbocycles. The number of ether oxygens (including phenoxy) is 1. The van der Waals surface area contributed by atoms with Gasteiger partial charge in [-0.05, 0) is 35.2 Å². The Hall–Kier alpha value is -2.48. The standard InChI is InChI=1S/C21H21ClN2O4S/c1-14(2)12-28-20-19(16-8-6-15(7-9-16)13-29(26)27)11-23-24(21(20)25)18-5-3-4-17(22)10-18/h3-11,14H,12-13H2,1-2H3,(H,26,27)/p-1. The summed E-state index contributed by atoms with van der Waals surface area (Å²) >= 11 is 3.89. The Bertz CT molecular complexity index is 1080. The first-order valence-corrected chi connectivity index (χ1v) is 10.6. The van der Waals surface area contributed by atoms with Crippen molar-refractivity contribution in [2.75, 3.05) is 6.61 Å². The highest BCUT2D eigenvalue weighted by molar-refractivity contribution is 7.78. The molecule has 0 N–H and O–H groups in total. The van der Waals surface area contributed by atoms with E-state index in [4.69, 9.17) is 16.3 Å². The Morgan fingerprint density at radius 1 is 1.21 bits per heavy atom. The monoisotopic (exact) mass is 431 g/mol. The van der Waals surface area contributed by atoms with Crippen molar-refractivity contribution >= 4 is 22.7 Å². The molecule has 0 aliphatic heterocycles. The molecule has 0 radical (unpaired) electrons. The maximum Gasteiger partial charge on any atom is 0.314 e. The van der Waals surface area contributed by atoms with Crippen LogP contribution in [0.15, 0.2) is 59.5 Å². The van der Waals surface area contributed by atoms with Crippen LogP contribution in [0.5, 0.6) is 5.75 Å². The van der Waals surface area contributed by atoms with E-state index in [9.17, 15) is 13.6 Å². The summed E-state index contributed by atoms with van der Waals surface area (Å²) in [6, 6.07) is 13.8. The quantitative estimate of drug-likeness (QED) is 0.528. The first kappa shape index (κ1) is 21.2. The summed E-state index contributed by atoms with van der Waals surface area (Å²) < 4.78 is 28.9. The lowest BCUT2D eigenvalue weighted by atomic mass is 10.1. The van der Waals surface area contributed by atoms with Crippen LogP contribution in [-0.2, 0) is 16.8 Å². The molecule has 0 bridgehead atoms. The van der Waals surface area contributed by atoms with Crippen LogP contribution in [0.4, 0.5) is 0 Å². The summed E-state index contributed by atoms with van der Waals surface area (Å²) in [6.45, 7) is 4.36. The van der Waals surface area contributed by atoms with Crippen LogP contribution >= 0.6 is 11.6 Å². The predicted molar refractivity (Wildman–Crippen MR) is 113 cm³/mol. The fourth-order valence-corrected chi connectivity index (χ4v) is 3.39. The Labute approximate surface area is 176 Å². The van der Waals surface area contributed by atoms with Gasteiger partial charge in [-0.2, -0.15) is 9.78 Å². The molecule has 6 nitrogen and oxygen atoms in total. The Balaban J connectivity index is 2.07. The molecule has 1 heterocycles. The second-order valence-corrected chi connectivity index (χ2v) is 8.27. The van der Waals surface area contributed by atoms with E-state index in [1.54, 1.807) is 54.7 Å². The van der Waals surface area contributed by atoms with E-state index in [0.717, 1.165) is 0 Å². The number of aromatic nitrogens is 2. The predicted octanol–water partition coefficient (Wildman–Crippen LogP) is 3.97. The SMILES string of the molecule is CC(C)COc1c(-c2ccc(CS(=O)[O-])cc2)cnn(-c2cccc(Cl)c2)c1=O. The molecule has 1 aromatic heterocycles. The molecule has 2 aromatic carbocycles. The summed E-state index contributed by atoms with van der Waals surface area (Å²) in [5.74, 6) is 0.351. The zero-order chi connectivity index (χ0) is 21.0. The number of rotatable bonds is 7. The average Bonchev–Trinajstić information content (AvgIpc) is 2.67. The van der Waals surface area contributed by atoms with E-state index in [0.29, 0.717) is 34.0 Å². The van der Waals surface area contributed by atoms with Crippen LogP contribution in [0, 0.1) is 5.92 Å². The van der Waals surface area contributed by atoms with Gasteiger partial charge in [-0.1, -0.05) is 66.9 Å². The second-order valence-electron chi connectivity index (χ2n) is 6.93. The Morgan fingerprint density at radius 2 is 1.93 bits per heavy atom. The molecule has 3 rings (SSSR count). The lowest BCUT2D eigenvalue weighted by molar-refractivity contribution is 0.267. The first-order chi connectivity index (χ1) is 13.8. The molecule has 1 atom stereocenters. The zero-order valence-corrected chi connectivity index (χ0v) is 17.6. The summed E-state index contributed by atoms with van der Waals surface area (Å²) in [5, 5.41) is 4.79. The molecule has 29 heavy (non-hydrogen) atoms. The summed E-state index contributed by atoms with van der Waals surface area (Å²) in [7, 11) is 0. The van der Waals surface area contributed by atoms with Gasteiger partial charge in [0.2, 0.25) is 0 Å². The van der Waals surface area contributed by atoms with Crippen molar-refractivity contribution in [2.45, 2.75) is 19.6 Å². The topological polar surface area (TPSA) is 84.2 Å². The van der Waals surface area contributed by atoms with Gasteiger partial charge in [-0.15, -0.1) is 0 Å². The van der Waals surface area contributed by atoms with Gasteiger partial charge in [0.15, 0.2) is 5.75 Å². The van der Waals surface area contributed by atoms with Crippen molar-refractivity contribution in [1.29, 1.82) is 0 Å². The highest BCUT2D eigenvalue weighted by Crippen LogP contribution is 2.28. The van der Waals surface area contributed by atoms with Crippen molar-refractivity contribution in [3.05, 3.63) is 75.7 Å². The molecule has 1 unspecified atom stereocenters. The van der Waals surface area contributed by atoms with E-state index in [1.807, 2.05) is 13.8 Å². The third-order valence-corrected chi connectivity index (χ3v) is 4.90. The lowest BCUT2D eigenvalue weighted by Crippen LogP contribution is -2.24. The smallest absolute Gasteiger partial charge is 0.314 e. The Morgan fingerprint density at radius 3 is 2.55 bits per heavy atom. The third-order valence-electron chi connectivity index (χ3n) is 4.10. The summed E-state index contributed by atoms with van der Waals surface area (Å²) in [5.41, 5.74) is 2.06. The zero-order valence-electron chi connectivity index (χ0n) is 16.0. The number of nitrogens with zero attached hydrogens (tertiary/aromatic N) is 2. The van der Waals surface area contributed by atoms with Gasteiger partial charge >= 0.3 is 5.56 Å². The van der Waals surface area contributed by atoms with E-state index in [-0.39, 0.29) is 17.4 Å². The second kappa shape index (κ2) is 9.35. The Kier molecular flexibility index (Phi) is 6.84. The van der Waals surface area contributed by atoms with Gasteiger partial charge in [0.25, 0.3) is 0 Å². The maximum atomic E-state index is 13.2. The normalized spacial score (nSPS) is 12.2. The molecule has 0 amide bonds. The van der Waals surface area contributed by atoms with Crippen LogP contribution in [0.2, 0.25) is 5.02 Å². The van der Waals surface area contributed by atoms with E-state index < -0.39 is 16.6 Å². The number of hydrogen-bond donors (Lipinski definition) is 0. The molecular formula is C21H20ClN2O4S-. The van der Waals surface area contributed by atoms with Gasteiger partial charge in [0.05, 0.1) is 18.5 Å². The fraction of sp³-hybridized carbons (Fsp3) is 0.238. The fourth-order valence-electron chi connectivity index (χ4n) is 2.74. The highest BCUT2D eigenvalue weighted by Gasteiger charge is 2.16. The van der Waals surface area contributed by atoms with Crippen LogP contribution in [-0.4, -0.2) is 25.1 Å². The summed E-state index contributed by atoms with van der Waals surface area (Å²) in [4.78, 5) is 13.2. The van der Waals surface area contributed by atoms with Gasteiger partial charge < -0.3 is 9.29 Å². The minimum absolute atomic E-state index is 0.0639. The van der Waals surface area contributed by atoms with Crippen molar-refractivity contribution in [3.63, 3.8) is 0 Å². The number of halogens is 1. The molecule has 0 fully saturated rings. The molecule has 0 saturated heterocycles. The third kappa shape index (κ3) is 5.32. The molecule has 152 valence electrons. The van der Waals surface area contributed by atoms with Crippen molar-refractivity contribution in [2.24, 2.45) is 5.92 Å². The van der Waals surface area contributed by atoms with Gasteiger partial charge in [0, 0.05) is 16.3 Å². The van der Waals surface area contributed by atoms with Crippen LogP contribution in [0.3, 0.4) is 0 Å². The summed E-state index contributed by atoms with van der Waals surface area (Å²) in [6.07, 6.45) is 1.57. The number of hydrogen-bond acceptors (Lipinski definition) is 5. The molecule has 0 aliphatic rings. The van der Waals surface area contributed by atoms with E-state index >= 15 is 0 Å². The maximum absolute atomic E-state index is 13.2. The van der Waals surface area contributed by atoms with Crippen LogP contribution < -0.4 is 10.3 Å². The highest BCUT2D eigenvalue weighted by atomic mass is 35.5.